The van der Waals surface area contributed by atoms with Crippen molar-refractivity contribution in [3.63, 3.8) is 0 Å². The smallest absolute Gasteiger partial charge is 0.324 e. The highest BCUT2D eigenvalue weighted by Gasteiger charge is 2.29. The Hall–Kier alpha value is -4.08. The van der Waals surface area contributed by atoms with E-state index in [0.29, 0.717) is 29.8 Å². The summed E-state index contributed by atoms with van der Waals surface area (Å²) in [4.78, 5) is 37.8. The summed E-state index contributed by atoms with van der Waals surface area (Å²) in [6.45, 7) is 0.0650. The Labute approximate surface area is 187 Å². The fourth-order valence-corrected chi connectivity index (χ4v) is 4.19. The minimum absolute atomic E-state index is 0.0268. The fourth-order valence-electron chi connectivity index (χ4n) is 4.19. The van der Waals surface area contributed by atoms with Crippen LogP contribution in [0.2, 0.25) is 0 Å². The fraction of sp³-hybridized carbons (Fsp3) is 0.217. The van der Waals surface area contributed by atoms with E-state index in [2.05, 4.69) is 15.7 Å². The molecule has 0 bridgehead atoms. The van der Waals surface area contributed by atoms with Crippen LogP contribution in [-0.2, 0) is 24.2 Å². The molecule has 1 aliphatic carbocycles. The first kappa shape index (κ1) is 20.8. The number of nitrogens with zero attached hydrogens (tertiary/aromatic N) is 3. The number of aromatic nitrogens is 2. The lowest BCUT2D eigenvalue weighted by Crippen LogP contribution is -2.30. The van der Waals surface area contributed by atoms with Crippen LogP contribution in [0.25, 0.3) is 5.69 Å². The summed E-state index contributed by atoms with van der Waals surface area (Å²) < 4.78 is 28.6. The van der Waals surface area contributed by atoms with Crippen LogP contribution in [0.5, 0.6) is 0 Å². The normalized spacial score (nSPS) is 15.0. The molecule has 2 heterocycles. The van der Waals surface area contributed by atoms with Gasteiger partial charge >= 0.3 is 6.03 Å². The molecule has 1 fully saturated rings. The highest BCUT2D eigenvalue weighted by atomic mass is 19.2. The van der Waals surface area contributed by atoms with Crippen LogP contribution < -0.4 is 10.6 Å². The van der Waals surface area contributed by atoms with Crippen LogP contribution in [0, 0.1) is 11.6 Å². The van der Waals surface area contributed by atoms with Gasteiger partial charge in [0.05, 0.1) is 18.8 Å². The number of carbonyl (C=O) groups is 3. The second kappa shape index (κ2) is 8.12. The Kier molecular flexibility index (Phi) is 5.12. The molecule has 168 valence electrons. The van der Waals surface area contributed by atoms with Crippen molar-refractivity contribution in [2.24, 2.45) is 0 Å². The molecule has 4 amide bonds. The van der Waals surface area contributed by atoms with Crippen molar-refractivity contribution in [2.75, 3.05) is 11.9 Å². The molecule has 8 nitrogen and oxygen atoms in total. The number of benzene rings is 2. The third-order valence-corrected chi connectivity index (χ3v) is 5.76. The number of carbonyl (C=O) groups excluding carboxylic acids is 3. The largest absolute Gasteiger partial charge is 0.329 e. The Bertz CT molecular complexity index is 1290. The van der Waals surface area contributed by atoms with E-state index in [1.165, 1.54) is 10.7 Å². The zero-order valence-corrected chi connectivity index (χ0v) is 17.4. The van der Waals surface area contributed by atoms with Gasteiger partial charge in [-0.15, -0.1) is 0 Å². The third-order valence-electron chi connectivity index (χ3n) is 5.76. The Balaban J connectivity index is 1.39. The number of amides is 4. The lowest BCUT2D eigenvalue weighted by molar-refractivity contribution is -0.125. The molecule has 33 heavy (non-hydrogen) atoms. The molecular weight excluding hydrogens is 432 g/mol. The minimum atomic E-state index is -0.984. The van der Waals surface area contributed by atoms with Gasteiger partial charge < -0.3 is 10.6 Å². The molecule has 1 aromatic heterocycles. The Morgan fingerprint density at radius 3 is 2.70 bits per heavy atom. The molecule has 0 atom stereocenters. The summed E-state index contributed by atoms with van der Waals surface area (Å²) in [7, 11) is 0. The van der Waals surface area contributed by atoms with Crippen LogP contribution in [0.15, 0.2) is 42.5 Å². The van der Waals surface area contributed by atoms with Crippen LogP contribution in [0.4, 0.5) is 19.3 Å². The van der Waals surface area contributed by atoms with Crippen molar-refractivity contribution in [1.82, 2.24) is 20.0 Å². The first-order chi connectivity index (χ1) is 15.9. The number of hydrogen-bond acceptors (Lipinski definition) is 4. The lowest BCUT2D eigenvalue weighted by atomic mass is 10.1. The average Bonchev–Trinajstić information content (AvgIpc) is 3.48. The average molecular weight is 451 g/mol. The van der Waals surface area contributed by atoms with E-state index in [0.717, 1.165) is 34.7 Å². The van der Waals surface area contributed by atoms with E-state index < -0.39 is 23.6 Å². The van der Waals surface area contributed by atoms with Gasteiger partial charge in [0.2, 0.25) is 5.91 Å². The maximum Gasteiger partial charge on any atom is 0.324 e. The molecule has 2 aliphatic rings. The molecule has 2 aromatic carbocycles. The van der Waals surface area contributed by atoms with Gasteiger partial charge in [0.15, 0.2) is 17.3 Å². The topological polar surface area (TPSA) is 96.3 Å². The second-order valence-electron chi connectivity index (χ2n) is 7.93. The molecule has 0 spiro atoms. The predicted octanol–water partition coefficient (Wildman–Crippen LogP) is 2.94. The zero-order valence-electron chi connectivity index (χ0n) is 17.4. The molecule has 10 heteroatoms. The first-order valence-corrected chi connectivity index (χ1v) is 10.5. The monoisotopic (exact) mass is 451 g/mol. The number of hydrogen-bond donors (Lipinski definition) is 2. The SMILES string of the molecule is O=C(Nc1cccc(CN2C(=O)CNC2=O)c1)c1nn(-c2ccc(F)c(F)c2)c2c1CCC2. The molecule has 0 saturated carbocycles. The van der Waals surface area contributed by atoms with Crippen LogP contribution in [0.3, 0.4) is 0 Å². The van der Waals surface area contributed by atoms with E-state index in [1.54, 1.807) is 24.3 Å². The van der Waals surface area contributed by atoms with Gasteiger partial charge in [0.25, 0.3) is 5.91 Å². The molecule has 5 rings (SSSR count). The van der Waals surface area contributed by atoms with Crippen LogP contribution in [0.1, 0.15) is 33.7 Å². The Morgan fingerprint density at radius 1 is 1.09 bits per heavy atom. The van der Waals surface area contributed by atoms with Crippen molar-refractivity contribution in [3.8, 4) is 5.69 Å². The maximum atomic E-state index is 13.8. The molecule has 1 saturated heterocycles. The third kappa shape index (κ3) is 3.84. The van der Waals surface area contributed by atoms with E-state index in [9.17, 15) is 23.2 Å². The van der Waals surface area contributed by atoms with Crippen molar-refractivity contribution in [1.29, 1.82) is 0 Å². The standard InChI is InChI=1S/C23H19F2N5O3/c24-17-8-7-15(10-18(17)25)30-19-6-2-5-16(19)21(28-30)22(32)27-14-4-1-3-13(9-14)12-29-20(31)11-26-23(29)33/h1,3-4,7-10H,2,5-6,11-12H2,(H,26,33)(H,27,32). The summed E-state index contributed by atoms with van der Waals surface area (Å²) in [6, 6.07) is 9.91. The van der Waals surface area contributed by atoms with Gasteiger partial charge in [-0.25, -0.2) is 18.3 Å². The molecule has 3 aromatic rings. The predicted molar refractivity (Wildman–Crippen MR) is 114 cm³/mol. The number of halogens is 2. The van der Waals surface area contributed by atoms with Gasteiger partial charge in [0, 0.05) is 23.0 Å². The molecule has 0 unspecified atom stereocenters. The summed E-state index contributed by atoms with van der Waals surface area (Å²) in [5.74, 6) is -2.68. The van der Waals surface area contributed by atoms with E-state index >= 15 is 0 Å². The van der Waals surface area contributed by atoms with Crippen molar-refractivity contribution < 1.29 is 23.2 Å². The maximum absolute atomic E-state index is 13.8. The Morgan fingerprint density at radius 2 is 1.94 bits per heavy atom. The molecule has 0 radical (unpaired) electrons. The molecular formula is C23H19F2N5O3. The summed E-state index contributed by atoms with van der Waals surface area (Å²) in [5.41, 5.74) is 3.33. The van der Waals surface area contributed by atoms with Crippen LogP contribution in [-0.4, -0.2) is 39.1 Å². The molecule has 2 N–H and O–H groups in total. The highest BCUT2D eigenvalue weighted by Crippen LogP contribution is 2.29. The number of rotatable bonds is 5. The van der Waals surface area contributed by atoms with Gasteiger partial charge in [-0.3, -0.25) is 14.5 Å². The second-order valence-corrected chi connectivity index (χ2v) is 7.93. The number of anilines is 1. The summed E-state index contributed by atoms with van der Waals surface area (Å²) in [5, 5.41) is 9.68. The van der Waals surface area contributed by atoms with Crippen molar-refractivity contribution >= 4 is 23.5 Å². The summed E-state index contributed by atoms with van der Waals surface area (Å²) >= 11 is 0. The van der Waals surface area contributed by atoms with Crippen molar-refractivity contribution in [2.45, 2.75) is 25.8 Å². The number of fused-ring (bicyclic) bond motifs is 1. The van der Waals surface area contributed by atoms with E-state index in [4.69, 9.17) is 0 Å². The number of urea groups is 1. The minimum Gasteiger partial charge on any atom is -0.329 e. The quantitative estimate of drug-likeness (QED) is 0.583. The highest BCUT2D eigenvalue weighted by molar-refractivity contribution is 6.04. The number of imide groups is 1. The number of nitrogens with one attached hydrogen (secondary N) is 2. The van der Waals surface area contributed by atoms with Gasteiger partial charge in [-0.05, 0) is 49.1 Å². The molecule has 1 aliphatic heterocycles. The van der Waals surface area contributed by atoms with E-state index in [1.807, 2.05) is 0 Å². The van der Waals surface area contributed by atoms with Crippen molar-refractivity contribution in [3.05, 3.63) is 76.6 Å². The lowest BCUT2D eigenvalue weighted by Gasteiger charge is -2.13. The zero-order chi connectivity index (χ0) is 23.1. The summed E-state index contributed by atoms with van der Waals surface area (Å²) in [6.07, 6.45) is 2.17. The van der Waals surface area contributed by atoms with Crippen LogP contribution >= 0.6 is 0 Å². The van der Waals surface area contributed by atoms with Gasteiger partial charge in [0.1, 0.15) is 0 Å². The van der Waals surface area contributed by atoms with E-state index in [-0.39, 0.29) is 24.7 Å². The van der Waals surface area contributed by atoms with Gasteiger partial charge in [-0.1, -0.05) is 12.1 Å². The first-order valence-electron chi connectivity index (χ1n) is 10.5. The van der Waals surface area contributed by atoms with Gasteiger partial charge in [-0.2, -0.15) is 5.10 Å².